The van der Waals surface area contributed by atoms with Crippen LogP contribution in [0, 0.1) is 11.3 Å². The Morgan fingerprint density at radius 2 is 1.88 bits per heavy atom. The maximum atomic E-state index is 12.5. The van der Waals surface area contributed by atoms with Crippen LogP contribution in [0.1, 0.15) is 51.4 Å². The number of nitrogens with zero attached hydrogens (tertiary/aromatic N) is 2. The molecule has 1 heterocycles. The van der Waals surface area contributed by atoms with Crippen LogP contribution in [0.15, 0.2) is 24.3 Å². The Morgan fingerprint density at radius 1 is 1.15 bits per heavy atom. The molecule has 0 unspecified atom stereocenters. The number of anilines is 2. The van der Waals surface area contributed by atoms with Crippen molar-refractivity contribution >= 4 is 23.2 Å². The minimum Gasteiger partial charge on any atom is -0.374 e. The van der Waals surface area contributed by atoms with Crippen molar-refractivity contribution in [2.75, 3.05) is 23.3 Å². The van der Waals surface area contributed by atoms with Crippen LogP contribution in [-0.2, 0) is 9.59 Å². The first-order chi connectivity index (χ1) is 12.6. The molecular formula is C20H26N4O2. The van der Waals surface area contributed by atoms with Gasteiger partial charge in [-0.2, -0.15) is 5.26 Å². The zero-order valence-corrected chi connectivity index (χ0v) is 15.1. The quantitative estimate of drug-likeness (QED) is 0.796. The first-order valence-corrected chi connectivity index (χ1v) is 9.49. The van der Waals surface area contributed by atoms with E-state index in [-0.39, 0.29) is 18.4 Å². The zero-order valence-electron chi connectivity index (χ0n) is 15.1. The molecule has 6 nitrogen and oxygen atoms in total. The van der Waals surface area contributed by atoms with Crippen molar-refractivity contribution in [2.24, 2.45) is 0 Å². The second kappa shape index (κ2) is 8.22. The number of benzene rings is 1. The van der Waals surface area contributed by atoms with Gasteiger partial charge < -0.3 is 15.5 Å². The molecule has 2 aliphatic rings. The van der Waals surface area contributed by atoms with Crippen molar-refractivity contribution in [2.45, 2.75) is 56.9 Å². The zero-order chi connectivity index (χ0) is 18.4. The lowest BCUT2D eigenvalue weighted by atomic mass is 9.92. The summed E-state index contributed by atoms with van der Waals surface area (Å²) in [6, 6.07) is 9.88. The van der Waals surface area contributed by atoms with Crippen LogP contribution in [0.2, 0.25) is 0 Å². The third-order valence-electron chi connectivity index (χ3n) is 5.26. The molecule has 0 atom stereocenters. The minimum atomic E-state index is -0.736. The molecule has 3 rings (SSSR count). The van der Waals surface area contributed by atoms with E-state index in [4.69, 9.17) is 0 Å². The van der Waals surface area contributed by atoms with E-state index >= 15 is 0 Å². The topological polar surface area (TPSA) is 85.2 Å². The lowest BCUT2D eigenvalue weighted by Gasteiger charge is -2.27. The monoisotopic (exact) mass is 354 g/mol. The van der Waals surface area contributed by atoms with E-state index < -0.39 is 5.54 Å². The molecule has 0 bridgehead atoms. The first kappa shape index (κ1) is 18.2. The Hall–Kier alpha value is -2.55. The van der Waals surface area contributed by atoms with Crippen LogP contribution in [0.5, 0.6) is 0 Å². The fourth-order valence-electron chi connectivity index (χ4n) is 3.84. The Morgan fingerprint density at radius 3 is 2.54 bits per heavy atom. The highest BCUT2D eigenvalue weighted by molar-refractivity contribution is 5.98. The number of para-hydroxylation sites is 2. The van der Waals surface area contributed by atoms with Gasteiger partial charge in [-0.15, -0.1) is 0 Å². The number of nitrogens with one attached hydrogen (secondary N) is 2. The summed E-state index contributed by atoms with van der Waals surface area (Å²) in [6.07, 6.45) is 7.05. The summed E-state index contributed by atoms with van der Waals surface area (Å²) < 4.78 is 0. The van der Waals surface area contributed by atoms with Gasteiger partial charge in [0, 0.05) is 13.0 Å². The maximum absolute atomic E-state index is 12.5. The molecule has 1 saturated carbocycles. The molecule has 26 heavy (non-hydrogen) atoms. The molecule has 2 fully saturated rings. The van der Waals surface area contributed by atoms with E-state index in [2.05, 4.69) is 16.7 Å². The summed E-state index contributed by atoms with van der Waals surface area (Å²) in [5.74, 6) is -0.0680. The molecule has 1 saturated heterocycles. The molecular weight excluding hydrogens is 328 g/mol. The molecule has 0 radical (unpaired) electrons. The summed E-state index contributed by atoms with van der Waals surface area (Å²) >= 11 is 0. The summed E-state index contributed by atoms with van der Waals surface area (Å²) in [5.41, 5.74) is 0.844. The SMILES string of the molecule is N#CC1(NC(=O)CNc2ccccc2N2CCCC2=O)CCCCCC1. The molecule has 0 spiro atoms. The standard InChI is InChI=1S/C20H26N4O2/c21-15-20(11-5-1-2-6-12-20)23-18(25)14-22-16-8-3-4-9-17(16)24-13-7-10-19(24)26/h3-4,8-9,22H,1-2,5-7,10-14H2,(H,23,25). The van der Waals surface area contributed by atoms with E-state index in [0.717, 1.165) is 43.5 Å². The van der Waals surface area contributed by atoms with Gasteiger partial charge in [-0.1, -0.05) is 37.8 Å². The normalized spacial score (nSPS) is 19.5. The van der Waals surface area contributed by atoms with E-state index in [9.17, 15) is 14.9 Å². The number of hydrogen-bond acceptors (Lipinski definition) is 4. The maximum Gasteiger partial charge on any atom is 0.240 e. The smallest absolute Gasteiger partial charge is 0.240 e. The predicted molar refractivity (Wildman–Crippen MR) is 101 cm³/mol. The van der Waals surface area contributed by atoms with Gasteiger partial charge in [0.25, 0.3) is 0 Å². The van der Waals surface area contributed by atoms with Gasteiger partial charge >= 0.3 is 0 Å². The van der Waals surface area contributed by atoms with Gasteiger partial charge in [-0.25, -0.2) is 0 Å². The van der Waals surface area contributed by atoms with Crippen molar-refractivity contribution in [1.82, 2.24) is 5.32 Å². The lowest BCUT2D eigenvalue weighted by Crippen LogP contribution is -2.49. The molecule has 0 aromatic heterocycles. The average molecular weight is 354 g/mol. The van der Waals surface area contributed by atoms with Crippen LogP contribution in [0.3, 0.4) is 0 Å². The number of carbonyl (C=O) groups excluding carboxylic acids is 2. The van der Waals surface area contributed by atoms with E-state index in [1.165, 1.54) is 0 Å². The van der Waals surface area contributed by atoms with Gasteiger partial charge in [0.15, 0.2) is 0 Å². The van der Waals surface area contributed by atoms with Gasteiger partial charge in [-0.3, -0.25) is 9.59 Å². The summed E-state index contributed by atoms with van der Waals surface area (Å²) in [5, 5.41) is 15.7. The Bertz CT molecular complexity index is 702. The minimum absolute atomic E-state index is 0.0858. The fraction of sp³-hybridized carbons (Fsp3) is 0.550. The highest BCUT2D eigenvalue weighted by Gasteiger charge is 2.32. The molecule has 138 valence electrons. The highest BCUT2D eigenvalue weighted by Crippen LogP contribution is 2.29. The van der Waals surface area contributed by atoms with Gasteiger partial charge in [0.2, 0.25) is 11.8 Å². The van der Waals surface area contributed by atoms with Crippen molar-refractivity contribution < 1.29 is 9.59 Å². The number of rotatable bonds is 5. The molecule has 2 N–H and O–H groups in total. The van der Waals surface area contributed by atoms with Crippen molar-refractivity contribution in [3.63, 3.8) is 0 Å². The fourth-order valence-corrected chi connectivity index (χ4v) is 3.84. The molecule has 6 heteroatoms. The predicted octanol–water partition coefficient (Wildman–Crippen LogP) is 2.96. The summed E-state index contributed by atoms with van der Waals surface area (Å²) in [4.78, 5) is 26.2. The van der Waals surface area contributed by atoms with Crippen molar-refractivity contribution in [3.8, 4) is 6.07 Å². The third kappa shape index (κ3) is 4.16. The second-order valence-electron chi connectivity index (χ2n) is 7.18. The van der Waals surface area contributed by atoms with Gasteiger partial charge in [0.1, 0.15) is 5.54 Å². The van der Waals surface area contributed by atoms with Crippen LogP contribution >= 0.6 is 0 Å². The lowest BCUT2D eigenvalue weighted by molar-refractivity contribution is -0.121. The Balaban J connectivity index is 1.63. The Kier molecular flexibility index (Phi) is 5.77. The number of hydrogen-bond donors (Lipinski definition) is 2. The van der Waals surface area contributed by atoms with Crippen LogP contribution < -0.4 is 15.5 Å². The van der Waals surface area contributed by atoms with Gasteiger partial charge in [-0.05, 0) is 31.4 Å². The number of carbonyl (C=O) groups is 2. The van der Waals surface area contributed by atoms with Crippen LogP contribution in [0.4, 0.5) is 11.4 Å². The van der Waals surface area contributed by atoms with E-state index in [1.807, 2.05) is 24.3 Å². The first-order valence-electron chi connectivity index (χ1n) is 9.49. The van der Waals surface area contributed by atoms with Crippen molar-refractivity contribution in [1.29, 1.82) is 5.26 Å². The van der Waals surface area contributed by atoms with Crippen molar-refractivity contribution in [3.05, 3.63) is 24.3 Å². The van der Waals surface area contributed by atoms with Gasteiger partial charge in [0.05, 0.1) is 24.0 Å². The number of nitriles is 1. The highest BCUT2D eigenvalue weighted by atomic mass is 16.2. The van der Waals surface area contributed by atoms with Crippen LogP contribution in [0.25, 0.3) is 0 Å². The molecule has 1 aliphatic heterocycles. The second-order valence-corrected chi connectivity index (χ2v) is 7.18. The molecule has 1 aromatic rings. The molecule has 2 amide bonds. The number of amides is 2. The summed E-state index contributed by atoms with van der Waals surface area (Å²) in [6.45, 7) is 0.795. The average Bonchev–Trinajstić information content (AvgIpc) is 2.94. The van der Waals surface area contributed by atoms with E-state index in [1.54, 1.807) is 4.90 Å². The van der Waals surface area contributed by atoms with E-state index in [0.29, 0.717) is 25.8 Å². The third-order valence-corrected chi connectivity index (χ3v) is 5.26. The molecule has 1 aromatic carbocycles. The molecule has 1 aliphatic carbocycles. The summed E-state index contributed by atoms with van der Waals surface area (Å²) in [7, 11) is 0. The Labute approximate surface area is 154 Å². The van der Waals surface area contributed by atoms with Crippen LogP contribution in [-0.4, -0.2) is 30.4 Å². The largest absolute Gasteiger partial charge is 0.374 e.